The summed E-state index contributed by atoms with van der Waals surface area (Å²) in [5.41, 5.74) is 1.86. The van der Waals surface area contributed by atoms with Gasteiger partial charge in [0.15, 0.2) is 17.3 Å². The number of halogens is 1. The van der Waals surface area contributed by atoms with Gasteiger partial charge in [0.25, 0.3) is 0 Å². The summed E-state index contributed by atoms with van der Waals surface area (Å²) in [4.78, 5) is 0. The van der Waals surface area contributed by atoms with E-state index in [1.807, 2.05) is 10.7 Å². The van der Waals surface area contributed by atoms with E-state index in [1.54, 1.807) is 12.1 Å². The van der Waals surface area contributed by atoms with Crippen molar-refractivity contribution >= 4 is 10.9 Å². The molecule has 118 valence electrons. The minimum absolute atomic E-state index is 0.170. The highest BCUT2D eigenvalue weighted by Gasteiger charge is 2.24. The van der Waals surface area contributed by atoms with Crippen LogP contribution in [0.25, 0.3) is 22.2 Å². The van der Waals surface area contributed by atoms with Crippen LogP contribution in [0.2, 0.25) is 0 Å². The first-order valence-electron chi connectivity index (χ1n) is 7.84. The molecule has 0 bridgehead atoms. The normalized spacial score (nSPS) is 15.5. The fourth-order valence-corrected chi connectivity index (χ4v) is 3.46. The second-order valence-electron chi connectivity index (χ2n) is 6.07. The Kier molecular flexibility index (Phi) is 3.22. The van der Waals surface area contributed by atoms with E-state index in [9.17, 15) is 14.6 Å². The number of aromatic hydroxyl groups is 2. The smallest absolute Gasteiger partial charge is 0.158 e. The van der Waals surface area contributed by atoms with E-state index in [0.717, 1.165) is 42.3 Å². The Labute approximate surface area is 132 Å². The molecule has 1 aliphatic rings. The molecule has 0 aliphatic heterocycles. The number of rotatable bonds is 2. The first kappa shape index (κ1) is 14.1. The quantitative estimate of drug-likeness (QED) is 0.691. The molecule has 23 heavy (non-hydrogen) atoms. The van der Waals surface area contributed by atoms with Crippen molar-refractivity contribution in [1.82, 2.24) is 9.78 Å². The Morgan fingerprint density at radius 3 is 2.57 bits per heavy atom. The molecule has 0 spiro atoms. The van der Waals surface area contributed by atoms with Crippen LogP contribution >= 0.6 is 0 Å². The molecule has 0 saturated heterocycles. The van der Waals surface area contributed by atoms with E-state index in [-0.39, 0.29) is 23.4 Å². The number of fused-ring (bicyclic) bond motifs is 1. The summed E-state index contributed by atoms with van der Waals surface area (Å²) < 4.78 is 16.1. The lowest BCUT2D eigenvalue weighted by Gasteiger charge is -2.15. The van der Waals surface area contributed by atoms with Gasteiger partial charge in [-0.05, 0) is 37.1 Å². The topological polar surface area (TPSA) is 58.3 Å². The second-order valence-corrected chi connectivity index (χ2v) is 6.07. The highest BCUT2D eigenvalue weighted by atomic mass is 19.1. The standard InChI is InChI=1S/C18H17FN2O2/c19-14-7-3-6-13-17(14)20-21(12-4-1-2-5-12)18(13)11-8-9-15(22)16(23)10-11/h3,6-10,12,22-23H,1-2,4-5H2. The minimum Gasteiger partial charge on any atom is -0.504 e. The first-order valence-corrected chi connectivity index (χ1v) is 7.84. The molecule has 2 aromatic carbocycles. The van der Waals surface area contributed by atoms with Crippen LogP contribution in [0.15, 0.2) is 36.4 Å². The molecule has 2 N–H and O–H groups in total. The molecule has 0 unspecified atom stereocenters. The van der Waals surface area contributed by atoms with Gasteiger partial charge in [-0.25, -0.2) is 4.39 Å². The van der Waals surface area contributed by atoms with Gasteiger partial charge >= 0.3 is 0 Å². The molecule has 1 heterocycles. The molecular formula is C18H17FN2O2. The Morgan fingerprint density at radius 1 is 1.04 bits per heavy atom. The maximum Gasteiger partial charge on any atom is 0.158 e. The number of hydrogen-bond donors (Lipinski definition) is 2. The van der Waals surface area contributed by atoms with Crippen LogP contribution in [0.1, 0.15) is 31.7 Å². The average Bonchev–Trinajstić information content (AvgIpc) is 3.17. The van der Waals surface area contributed by atoms with E-state index in [2.05, 4.69) is 5.10 Å². The molecule has 0 amide bonds. The van der Waals surface area contributed by atoms with Gasteiger partial charge in [-0.3, -0.25) is 4.68 Å². The lowest BCUT2D eigenvalue weighted by atomic mass is 10.1. The molecule has 4 nitrogen and oxygen atoms in total. The van der Waals surface area contributed by atoms with Gasteiger partial charge in [0.1, 0.15) is 5.52 Å². The van der Waals surface area contributed by atoms with Gasteiger partial charge in [0, 0.05) is 10.9 Å². The molecular weight excluding hydrogens is 295 g/mol. The van der Waals surface area contributed by atoms with Gasteiger partial charge < -0.3 is 10.2 Å². The van der Waals surface area contributed by atoms with Crippen LogP contribution in [0.3, 0.4) is 0 Å². The summed E-state index contributed by atoms with van der Waals surface area (Å²) in [6.45, 7) is 0. The number of phenolic OH excluding ortho intramolecular Hbond substituents is 2. The molecule has 1 saturated carbocycles. The lowest BCUT2D eigenvalue weighted by Crippen LogP contribution is -2.08. The fraction of sp³-hybridized carbons (Fsp3) is 0.278. The number of benzene rings is 2. The van der Waals surface area contributed by atoms with Crippen LogP contribution in [0.5, 0.6) is 11.5 Å². The molecule has 3 aromatic rings. The number of aromatic nitrogens is 2. The summed E-state index contributed by atoms with van der Waals surface area (Å²) >= 11 is 0. The molecule has 1 fully saturated rings. The summed E-state index contributed by atoms with van der Waals surface area (Å²) in [6, 6.07) is 9.84. The fourth-order valence-electron chi connectivity index (χ4n) is 3.46. The van der Waals surface area contributed by atoms with Crippen LogP contribution in [0, 0.1) is 5.82 Å². The van der Waals surface area contributed by atoms with E-state index < -0.39 is 0 Å². The molecule has 0 atom stereocenters. The lowest BCUT2D eigenvalue weighted by molar-refractivity contribution is 0.404. The van der Waals surface area contributed by atoms with Gasteiger partial charge in [0.2, 0.25) is 0 Å². The van der Waals surface area contributed by atoms with Gasteiger partial charge in [0.05, 0.1) is 11.7 Å². The van der Waals surface area contributed by atoms with E-state index in [0.29, 0.717) is 5.52 Å². The number of hydrogen-bond acceptors (Lipinski definition) is 3. The predicted octanol–water partition coefficient (Wildman–Crippen LogP) is 4.37. The molecule has 4 rings (SSSR count). The molecule has 5 heteroatoms. The third-order valence-corrected chi connectivity index (χ3v) is 4.60. The zero-order valence-electron chi connectivity index (χ0n) is 12.5. The monoisotopic (exact) mass is 312 g/mol. The molecule has 1 aromatic heterocycles. The van der Waals surface area contributed by atoms with Gasteiger partial charge in [-0.2, -0.15) is 5.10 Å². The summed E-state index contributed by atoms with van der Waals surface area (Å²) in [6.07, 6.45) is 4.33. The van der Waals surface area contributed by atoms with E-state index >= 15 is 0 Å². The Hall–Kier alpha value is -2.56. The third kappa shape index (κ3) is 2.23. The number of nitrogens with zero attached hydrogens (tertiary/aromatic N) is 2. The highest BCUT2D eigenvalue weighted by molar-refractivity contribution is 5.94. The Balaban J connectivity index is 2.00. The van der Waals surface area contributed by atoms with Crippen LogP contribution in [-0.4, -0.2) is 20.0 Å². The van der Waals surface area contributed by atoms with Crippen molar-refractivity contribution in [3.63, 3.8) is 0 Å². The zero-order valence-corrected chi connectivity index (χ0v) is 12.5. The Morgan fingerprint density at radius 2 is 1.83 bits per heavy atom. The number of phenols is 2. The summed E-state index contributed by atoms with van der Waals surface area (Å²) in [7, 11) is 0. The van der Waals surface area contributed by atoms with Crippen molar-refractivity contribution in [2.75, 3.05) is 0 Å². The highest BCUT2D eigenvalue weighted by Crippen LogP contribution is 2.39. The predicted molar refractivity (Wildman–Crippen MR) is 86.0 cm³/mol. The van der Waals surface area contributed by atoms with Crippen molar-refractivity contribution in [2.24, 2.45) is 0 Å². The SMILES string of the molecule is Oc1ccc(-c2c3cccc(F)c3nn2C2CCCC2)cc1O. The van der Waals surface area contributed by atoms with Crippen molar-refractivity contribution in [1.29, 1.82) is 0 Å². The zero-order chi connectivity index (χ0) is 16.0. The van der Waals surface area contributed by atoms with Crippen molar-refractivity contribution in [3.8, 4) is 22.8 Å². The minimum atomic E-state index is -0.344. The van der Waals surface area contributed by atoms with E-state index in [4.69, 9.17) is 0 Å². The van der Waals surface area contributed by atoms with Crippen molar-refractivity contribution < 1.29 is 14.6 Å². The van der Waals surface area contributed by atoms with Crippen LogP contribution in [0.4, 0.5) is 4.39 Å². The van der Waals surface area contributed by atoms with Gasteiger partial charge in [-0.15, -0.1) is 0 Å². The molecule has 1 aliphatic carbocycles. The van der Waals surface area contributed by atoms with Gasteiger partial charge in [-0.1, -0.05) is 25.0 Å². The van der Waals surface area contributed by atoms with Crippen LogP contribution in [-0.2, 0) is 0 Å². The molecule has 0 radical (unpaired) electrons. The summed E-state index contributed by atoms with van der Waals surface area (Å²) in [5, 5.41) is 24.6. The Bertz CT molecular complexity index is 882. The largest absolute Gasteiger partial charge is 0.504 e. The second kappa shape index (κ2) is 5.26. The van der Waals surface area contributed by atoms with Crippen LogP contribution < -0.4 is 0 Å². The van der Waals surface area contributed by atoms with Crippen molar-refractivity contribution in [3.05, 3.63) is 42.2 Å². The maximum absolute atomic E-state index is 14.2. The average molecular weight is 312 g/mol. The maximum atomic E-state index is 14.2. The first-order chi connectivity index (χ1) is 11.1. The third-order valence-electron chi connectivity index (χ3n) is 4.60. The van der Waals surface area contributed by atoms with Crippen molar-refractivity contribution in [2.45, 2.75) is 31.7 Å². The van der Waals surface area contributed by atoms with E-state index in [1.165, 1.54) is 18.2 Å². The summed E-state index contributed by atoms with van der Waals surface area (Å²) in [5.74, 6) is -0.703.